The highest BCUT2D eigenvalue weighted by molar-refractivity contribution is 5.86. The van der Waals surface area contributed by atoms with Crippen LogP contribution in [0.15, 0.2) is 47.6 Å². The van der Waals surface area contributed by atoms with E-state index in [0.29, 0.717) is 29.4 Å². The Kier molecular flexibility index (Phi) is 7.12. The largest absolute Gasteiger partial charge is 0.496 e. The Labute approximate surface area is 155 Å². The average molecular weight is 373 g/mol. The smallest absolute Gasteiger partial charge is 0.277 e. The minimum Gasteiger partial charge on any atom is -0.496 e. The maximum absolute atomic E-state index is 11.8. The van der Waals surface area contributed by atoms with Gasteiger partial charge in [0.05, 0.1) is 24.9 Å². The topological polar surface area (TPSA) is 112 Å². The normalized spacial score (nSPS) is 10.4. The fourth-order valence-corrected chi connectivity index (χ4v) is 2.09. The lowest BCUT2D eigenvalue weighted by molar-refractivity contribution is -0.384. The van der Waals surface area contributed by atoms with Crippen molar-refractivity contribution in [2.75, 3.05) is 20.3 Å². The number of carbonyl (C=O) groups is 1. The first-order chi connectivity index (χ1) is 13.0. The summed E-state index contributed by atoms with van der Waals surface area (Å²) < 4.78 is 15.9. The maximum atomic E-state index is 11.8. The summed E-state index contributed by atoms with van der Waals surface area (Å²) >= 11 is 0. The second-order valence-electron chi connectivity index (χ2n) is 5.17. The number of amides is 1. The van der Waals surface area contributed by atoms with Crippen molar-refractivity contribution in [3.63, 3.8) is 0 Å². The monoisotopic (exact) mass is 373 g/mol. The van der Waals surface area contributed by atoms with Crippen LogP contribution in [-0.4, -0.2) is 37.4 Å². The highest BCUT2D eigenvalue weighted by Crippen LogP contribution is 2.22. The first-order valence-electron chi connectivity index (χ1n) is 8.03. The minimum absolute atomic E-state index is 0.0559. The van der Waals surface area contributed by atoms with Crippen LogP contribution >= 0.6 is 0 Å². The van der Waals surface area contributed by atoms with Crippen molar-refractivity contribution in [3.05, 3.63) is 58.1 Å². The highest BCUT2D eigenvalue weighted by Gasteiger charge is 2.07. The van der Waals surface area contributed by atoms with E-state index in [4.69, 9.17) is 14.2 Å². The van der Waals surface area contributed by atoms with Crippen LogP contribution < -0.4 is 19.6 Å². The van der Waals surface area contributed by atoms with Gasteiger partial charge < -0.3 is 14.2 Å². The molecule has 0 aliphatic carbocycles. The molecule has 1 amide bonds. The zero-order chi connectivity index (χ0) is 19.6. The molecule has 2 rings (SSSR count). The van der Waals surface area contributed by atoms with Crippen molar-refractivity contribution in [1.29, 1.82) is 0 Å². The molecule has 0 radical (unpaired) electrons. The molecule has 9 nitrogen and oxygen atoms in total. The Morgan fingerprint density at radius 2 is 1.89 bits per heavy atom. The van der Waals surface area contributed by atoms with Gasteiger partial charge in [0.25, 0.3) is 11.6 Å². The van der Waals surface area contributed by atoms with Crippen molar-refractivity contribution >= 4 is 17.8 Å². The Balaban J connectivity index is 1.89. The van der Waals surface area contributed by atoms with E-state index in [1.165, 1.54) is 37.6 Å². The molecule has 142 valence electrons. The van der Waals surface area contributed by atoms with Crippen molar-refractivity contribution < 1.29 is 23.9 Å². The number of carbonyl (C=O) groups excluding carboxylic acids is 1. The minimum atomic E-state index is -0.514. The number of nitro groups is 1. The van der Waals surface area contributed by atoms with Gasteiger partial charge in [-0.1, -0.05) is 0 Å². The molecule has 0 aromatic heterocycles. The number of hydrogen-bond acceptors (Lipinski definition) is 7. The molecule has 0 saturated heterocycles. The van der Waals surface area contributed by atoms with E-state index in [1.54, 1.807) is 18.2 Å². The zero-order valence-electron chi connectivity index (χ0n) is 14.9. The number of non-ortho nitro benzene ring substituents is 1. The van der Waals surface area contributed by atoms with Gasteiger partial charge in [0.2, 0.25) is 0 Å². The molecule has 2 aromatic carbocycles. The number of hydrazone groups is 1. The molecular weight excluding hydrogens is 354 g/mol. The number of hydrogen-bond donors (Lipinski definition) is 1. The Bertz CT molecular complexity index is 820. The SMILES string of the molecule is CCOc1ccc(OC)c(/C=N/NC(=O)COc2ccc([N+](=O)[O-])cc2)c1. The van der Waals surface area contributed by atoms with Crippen LogP contribution in [0.4, 0.5) is 5.69 Å². The van der Waals surface area contributed by atoms with Gasteiger partial charge in [0.1, 0.15) is 17.2 Å². The van der Waals surface area contributed by atoms with Crippen molar-refractivity contribution in [2.45, 2.75) is 6.92 Å². The number of rotatable bonds is 9. The number of benzene rings is 2. The first-order valence-corrected chi connectivity index (χ1v) is 8.03. The Hall–Kier alpha value is -3.62. The van der Waals surface area contributed by atoms with Gasteiger partial charge in [-0.05, 0) is 37.3 Å². The van der Waals surface area contributed by atoms with Crippen LogP contribution in [0.1, 0.15) is 12.5 Å². The van der Waals surface area contributed by atoms with Crippen molar-refractivity contribution in [3.8, 4) is 17.2 Å². The molecule has 27 heavy (non-hydrogen) atoms. The fourth-order valence-electron chi connectivity index (χ4n) is 2.09. The van der Waals surface area contributed by atoms with Crippen LogP contribution in [0.3, 0.4) is 0 Å². The molecule has 0 heterocycles. The molecule has 0 atom stereocenters. The number of ether oxygens (including phenoxy) is 3. The number of methoxy groups -OCH3 is 1. The van der Waals surface area contributed by atoms with E-state index in [2.05, 4.69) is 10.5 Å². The predicted molar refractivity (Wildman–Crippen MR) is 98.5 cm³/mol. The van der Waals surface area contributed by atoms with E-state index in [9.17, 15) is 14.9 Å². The van der Waals surface area contributed by atoms with Crippen LogP contribution in [0.5, 0.6) is 17.2 Å². The maximum Gasteiger partial charge on any atom is 0.277 e. The summed E-state index contributed by atoms with van der Waals surface area (Å²) in [6, 6.07) is 10.7. The quantitative estimate of drug-likeness (QED) is 0.411. The predicted octanol–water partition coefficient (Wildman–Crippen LogP) is 2.53. The fraction of sp³-hybridized carbons (Fsp3) is 0.222. The number of nitrogens with zero attached hydrogens (tertiary/aromatic N) is 2. The van der Waals surface area contributed by atoms with E-state index in [-0.39, 0.29) is 12.3 Å². The summed E-state index contributed by atoms with van der Waals surface area (Å²) in [5.74, 6) is 1.10. The van der Waals surface area contributed by atoms with Crippen LogP contribution in [0.2, 0.25) is 0 Å². The van der Waals surface area contributed by atoms with Gasteiger partial charge in [-0.3, -0.25) is 14.9 Å². The third-order valence-corrected chi connectivity index (χ3v) is 3.32. The molecule has 2 aromatic rings. The van der Waals surface area contributed by atoms with Crippen molar-refractivity contribution in [2.24, 2.45) is 5.10 Å². The molecule has 0 saturated carbocycles. The van der Waals surface area contributed by atoms with E-state index in [0.717, 1.165) is 0 Å². The third-order valence-electron chi connectivity index (χ3n) is 3.32. The lowest BCUT2D eigenvalue weighted by atomic mass is 10.2. The molecule has 0 fully saturated rings. The molecule has 0 bridgehead atoms. The highest BCUT2D eigenvalue weighted by atomic mass is 16.6. The standard InChI is InChI=1S/C18H19N3O6/c1-3-26-16-8-9-17(25-2)13(10-16)11-19-20-18(22)12-27-15-6-4-14(5-7-15)21(23)24/h4-11H,3,12H2,1-2H3,(H,20,22)/b19-11+. The van der Waals surface area contributed by atoms with Crippen LogP contribution in [0.25, 0.3) is 0 Å². The van der Waals surface area contributed by atoms with E-state index in [1.807, 2.05) is 6.92 Å². The molecule has 0 aliphatic heterocycles. The molecule has 0 spiro atoms. The third kappa shape index (κ3) is 5.99. The van der Waals surface area contributed by atoms with Crippen molar-refractivity contribution in [1.82, 2.24) is 5.43 Å². The van der Waals surface area contributed by atoms with Crippen LogP contribution in [0, 0.1) is 10.1 Å². The number of nitrogens with one attached hydrogen (secondary N) is 1. The van der Waals surface area contributed by atoms with E-state index >= 15 is 0 Å². The second-order valence-corrected chi connectivity index (χ2v) is 5.17. The van der Waals surface area contributed by atoms with Gasteiger partial charge in [-0.15, -0.1) is 0 Å². The molecule has 0 unspecified atom stereocenters. The molecule has 9 heteroatoms. The summed E-state index contributed by atoms with van der Waals surface area (Å²) in [6.07, 6.45) is 1.44. The number of nitro benzene ring substituents is 1. The summed E-state index contributed by atoms with van der Waals surface area (Å²) in [4.78, 5) is 21.9. The average Bonchev–Trinajstić information content (AvgIpc) is 2.67. The van der Waals surface area contributed by atoms with Gasteiger partial charge in [0.15, 0.2) is 6.61 Å². The molecule has 0 aliphatic rings. The molecule has 1 N–H and O–H groups in total. The first kappa shape index (κ1) is 19.7. The van der Waals surface area contributed by atoms with Gasteiger partial charge in [-0.25, -0.2) is 5.43 Å². The van der Waals surface area contributed by atoms with Gasteiger partial charge >= 0.3 is 0 Å². The molecular formula is C18H19N3O6. The van der Waals surface area contributed by atoms with Gasteiger partial charge in [-0.2, -0.15) is 5.10 Å². The lowest BCUT2D eigenvalue weighted by Crippen LogP contribution is -2.24. The summed E-state index contributed by atoms with van der Waals surface area (Å²) in [6.45, 7) is 2.12. The van der Waals surface area contributed by atoms with Crippen LogP contribution in [-0.2, 0) is 4.79 Å². The zero-order valence-corrected chi connectivity index (χ0v) is 14.9. The second kappa shape index (κ2) is 9.76. The summed E-state index contributed by atoms with van der Waals surface area (Å²) in [7, 11) is 1.53. The summed E-state index contributed by atoms with van der Waals surface area (Å²) in [5.41, 5.74) is 2.92. The van der Waals surface area contributed by atoms with Gasteiger partial charge in [0, 0.05) is 17.7 Å². The lowest BCUT2D eigenvalue weighted by Gasteiger charge is -2.08. The van der Waals surface area contributed by atoms with E-state index < -0.39 is 10.8 Å². The summed E-state index contributed by atoms with van der Waals surface area (Å²) in [5, 5.41) is 14.5. The Morgan fingerprint density at radius 3 is 2.52 bits per heavy atom. The Morgan fingerprint density at radius 1 is 1.19 bits per heavy atom.